The molecule has 0 fully saturated rings. The molecule has 0 saturated heterocycles. The quantitative estimate of drug-likeness (QED) is 0.573. The van der Waals surface area contributed by atoms with E-state index in [1.165, 1.54) is 6.92 Å². The molecule has 0 aromatic heterocycles. The van der Waals surface area contributed by atoms with Crippen molar-refractivity contribution in [2.45, 2.75) is 19.4 Å². The highest BCUT2D eigenvalue weighted by Gasteiger charge is 2.41. The summed E-state index contributed by atoms with van der Waals surface area (Å²) in [6.07, 6.45) is 0. The summed E-state index contributed by atoms with van der Waals surface area (Å²) < 4.78 is 4.23. The van der Waals surface area contributed by atoms with Gasteiger partial charge in [-0.1, -0.05) is 0 Å². The van der Waals surface area contributed by atoms with E-state index < -0.39 is 23.5 Å². The number of carbonyl (C=O) groups excluding carboxylic acids is 1. The van der Waals surface area contributed by atoms with Gasteiger partial charge in [-0.2, -0.15) is 0 Å². The van der Waals surface area contributed by atoms with Gasteiger partial charge in [0.05, 0.1) is 13.0 Å². The molecule has 0 saturated carbocycles. The van der Waals surface area contributed by atoms with Crippen molar-refractivity contribution in [1.82, 2.24) is 0 Å². The van der Waals surface area contributed by atoms with E-state index in [2.05, 4.69) is 4.74 Å². The second kappa shape index (κ2) is 3.53. The number of methoxy groups -OCH3 is 1. The number of esters is 1. The van der Waals surface area contributed by atoms with Crippen LogP contribution < -0.4 is 0 Å². The number of carboxylic acids is 1. The number of carbonyl (C=O) groups is 2. The minimum atomic E-state index is -1.97. The molecule has 0 radical (unpaired) electrons. The Morgan fingerprint density at radius 2 is 1.92 bits per heavy atom. The molecule has 0 heterocycles. The number of aliphatic carboxylic acids is 1. The van der Waals surface area contributed by atoms with Crippen molar-refractivity contribution in [3.63, 3.8) is 0 Å². The average molecular weight is 176 g/mol. The van der Waals surface area contributed by atoms with Crippen molar-refractivity contribution in [3.05, 3.63) is 0 Å². The fraction of sp³-hybridized carbons (Fsp3) is 0.714. The van der Waals surface area contributed by atoms with Gasteiger partial charge < -0.3 is 14.9 Å². The van der Waals surface area contributed by atoms with Crippen LogP contribution in [0.1, 0.15) is 13.8 Å². The van der Waals surface area contributed by atoms with Gasteiger partial charge in [-0.15, -0.1) is 0 Å². The van der Waals surface area contributed by atoms with E-state index in [4.69, 9.17) is 5.11 Å². The summed E-state index contributed by atoms with van der Waals surface area (Å²) in [6, 6.07) is 0. The number of hydrogen-bond donors (Lipinski definition) is 2. The molecule has 0 aliphatic heterocycles. The summed E-state index contributed by atoms with van der Waals surface area (Å²) in [5.74, 6) is -3.38. The van der Waals surface area contributed by atoms with E-state index in [0.717, 1.165) is 14.0 Å². The first-order chi connectivity index (χ1) is 5.34. The molecule has 12 heavy (non-hydrogen) atoms. The van der Waals surface area contributed by atoms with E-state index in [0.29, 0.717) is 0 Å². The Morgan fingerprint density at radius 1 is 1.50 bits per heavy atom. The molecule has 2 N–H and O–H groups in total. The summed E-state index contributed by atoms with van der Waals surface area (Å²) in [6.45, 7) is 2.34. The second-order valence-corrected chi connectivity index (χ2v) is 2.70. The number of rotatable bonds is 3. The summed E-state index contributed by atoms with van der Waals surface area (Å²) in [7, 11) is 1.09. The van der Waals surface area contributed by atoms with Crippen LogP contribution in [-0.4, -0.2) is 34.9 Å². The Labute approximate surface area is 70.0 Å². The van der Waals surface area contributed by atoms with Gasteiger partial charge in [-0.25, -0.2) is 4.79 Å². The zero-order chi connectivity index (χ0) is 9.94. The molecule has 0 unspecified atom stereocenters. The third-order valence-electron chi connectivity index (χ3n) is 1.81. The van der Waals surface area contributed by atoms with E-state index in [9.17, 15) is 14.7 Å². The maximum atomic E-state index is 10.8. The highest BCUT2D eigenvalue weighted by atomic mass is 16.5. The predicted molar refractivity (Wildman–Crippen MR) is 39.4 cm³/mol. The van der Waals surface area contributed by atoms with Gasteiger partial charge >= 0.3 is 11.9 Å². The minimum Gasteiger partial charge on any atom is -0.481 e. The zero-order valence-electron chi connectivity index (χ0n) is 7.20. The van der Waals surface area contributed by atoms with Crippen LogP contribution in [0.4, 0.5) is 0 Å². The van der Waals surface area contributed by atoms with Crippen molar-refractivity contribution >= 4 is 11.9 Å². The van der Waals surface area contributed by atoms with Crippen LogP contribution in [0.3, 0.4) is 0 Å². The molecule has 0 aliphatic rings. The van der Waals surface area contributed by atoms with Gasteiger partial charge in [0, 0.05) is 0 Å². The zero-order valence-corrected chi connectivity index (χ0v) is 7.20. The molecule has 0 bridgehead atoms. The minimum absolute atomic E-state index is 0.947. The van der Waals surface area contributed by atoms with Crippen LogP contribution in [0, 0.1) is 5.92 Å². The molecular formula is C7H12O5. The van der Waals surface area contributed by atoms with Crippen molar-refractivity contribution in [1.29, 1.82) is 0 Å². The first kappa shape index (κ1) is 10.9. The van der Waals surface area contributed by atoms with Crippen LogP contribution in [-0.2, 0) is 14.3 Å². The van der Waals surface area contributed by atoms with E-state index >= 15 is 0 Å². The van der Waals surface area contributed by atoms with Gasteiger partial charge in [0.2, 0.25) is 0 Å². The van der Waals surface area contributed by atoms with E-state index in [-0.39, 0.29) is 0 Å². The van der Waals surface area contributed by atoms with Gasteiger partial charge in [0.1, 0.15) is 0 Å². The summed E-state index contributed by atoms with van der Waals surface area (Å²) in [5, 5.41) is 17.9. The standard InChI is InChI=1S/C7H12O5/c1-4(5(8)9)7(2,11)6(10)12-3/h4,11H,1-3H3,(H,8,9)/t4-,7+/m1/s1. The number of ether oxygens (including phenoxy) is 1. The maximum absolute atomic E-state index is 10.8. The van der Waals surface area contributed by atoms with E-state index in [1.807, 2.05) is 0 Å². The summed E-state index contributed by atoms with van der Waals surface area (Å²) >= 11 is 0. The summed E-state index contributed by atoms with van der Waals surface area (Å²) in [4.78, 5) is 21.2. The first-order valence-electron chi connectivity index (χ1n) is 3.37. The lowest BCUT2D eigenvalue weighted by molar-refractivity contribution is -0.173. The molecule has 70 valence electrons. The van der Waals surface area contributed by atoms with Gasteiger partial charge in [0.15, 0.2) is 5.60 Å². The Hall–Kier alpha value is -1.10. The Balaban J connectivity index is 4.60. The van der Waals surface area contributed by atoms with Crippen LogP contribution in [0.5, 0.6) is 0 Å². The van der Waals surface area contributed by atoms with Crippen molar-refractivity contribution in [2.24, 2.45) is 5.92 Å². The fourth-order valence-electron chi connectivity index (χ4n) is 0.624. The smallest absolute Gasteiger partial charge is 0.338 e. The second-order valence-electron chi connectivity index (χ2n) is 2.70. The lowest BCUT2D eigenvalue weighted by atomic mass is 9.91. The van der Waals surface area contributed by atoms with Crippen LogP contribution in [0.15, 0.2) is 0 Å². The number of hydrogen-bond acceptors (Lipinski definition) is 4. The monoisotopic (exact) mass is 176 g/mol. The number of aliphatic hydroxyl groups is 1. The lowest BCUT2D eigenvalue weighted by Crippen LogP contribution is -2.45. The normalized spacial score (nSPS) is 17.7. The maximum Gasteiger partial charge on any atom is 0.338 e. The van der Waals surface area contributed by atoms with Crippen LogP contribution in [0.2, 0.25) is 0 Å². The Kier molecular flexibility index (Phi) is 3.21. The SMILES string of the molecule is COC(=O)[C@@](C)(O)[C@H](C)C(=O)O. The third kappa shape index (κ3) is 1.94. The first-order valence-corrected chi connectivity index (χ1v) is 3.37. The van der Waals surface area contributed by atoms with Gasteiger partial charge in [-0.05, 0) is 13.8 Å². The molecule has 5 heteroatoms. The molecule has 0 aromatic rings. The topological polar surface area (TPSA) is 83.8 Å². The molecule has 0 spiro atoms. The Bertz CT molecular complexity index is 196. The van der Waals surface area contributed by atoms with Crippen molar-refractivity contribution < 1.29 is 24.5 Å². The van der Waals surface area contributed by atoms with E-state index in [1.54, 1.807) is 0 Å². The molecule has 0 rings (SSSR count). The Morgan fingerprint density at radius 3 is 2.17 bits per heavy atom. The molecule has 0 amide bonds. The highest BCUT2D eigenvalue weighted by molar-refractivity contribution is 5.86. The van der Waals surface area contributed by atoms with Crippen LogP contribution in [0.25, 0.3) is 0 Å². The van der Waals surface area contributed by atoms with Crippen molar-refractivity contribution in [3.8, 4) is 0 Å². The third-order valence-corrected chi connectivity index (χ3v) is 1.81. The molecule has 0 aliphatic carbocycles. The fourth-order valence-corrected chi connectivity index (χ4v) is 0.624. The highest BCUT2D eigenvalue weighted by Crippen LogP contribution is 2.18. The lowest BCUT2D eigenvalue weighted by Gasteiger charge is -2.23. The van der Waals surface area contributed by atoms with Gasteiger partial charge in [0.25, 0.3) is 0 Å². The van der Waals surface area contributed by atoms with Gasteiger partial charge in [-0.3, -0.25) is 4.79 Å². The molecule has 5 nitrogen and oxygen atoms in total. The van der Waals surface area contributed by atoms with Crippen molar-refractivity contribution in [2.75, 3.05) is 7.11 Å². The average Bonchev–Trinajstić information content (AvgIpc) is 2.01. The summed E-state index contributed by atoms with van der Waals surface area (Å²) in [5.41, 5.74) is -1.97. The largest absolute Gasteiger partial charge is 0.481 e. The number of carboxylic acid groups (broad SMARTS) is 1. The molecule has 0 aromatic carbocycles. The molecule has 2 atom stereocenters. The predicted octanol–water partition coefficient (Wildman–Crippen LogP) is -0.369. The van der Waals surface area contributed by atoms with Crippen LogP contribution >= 0.6 is 0 Å². The molecular weight excluding hydrogens is 164 g/mol.